The van der Waals surface area contributed by atoms with Crippen molar-refractivity contribution in [3.8, 4) is 0 Å². The number of esters is 1. The molecule has 33 heavy (non-hydrogen) atoms. The average Bonchev–Trinajstić information content (AvgIpc) is 3.22. The highest BCUT2D eigenvalue weighted by molar-refractivity contribution is 7.88. The number of hydrogen-bond acceptors (Lipinski definition) is 8. The number of aromatic nitrogens is 1. The number of nitrogens with zero attached hydrogens (tertiary/aromatic N) is 1. The molecule has 0 saturated carbocycles. The fourth-order valence-electron chi connectivity index (χ4n) is 3.12. The number of nitrogens with one attached hydrogen (secondary N) is 1. The average molecular weight is 492 g/mol. The summed E-state index contributed by atoms with van der Waals surface area (Å²) in [5.41, 5.74) is -3.58. The van der Waals surface area contributed by atoms with Crippen LogP contribution in [-0.2, 0) is 28.6 Å². The number of aromatic amines is 1. The molecule has 1 aliphatic heterocycles. The van der Waals surface area contributed by atoms with Gasteiger partial charge >= 0.3 is 21.6 Å². The number of halogens is 3. The number of alkyl halides is 3. The van der Waals surface area contributed by atoms with Crippen molar-refractivity contribution in [2.45, 2.75) is 45.0 Å². The van der Waals surface area contributed by atoms with E-state index in [0.29, 0.717) is 35.4 Å². The third-order valence-corrected chi connectivity index (χ3v) is 5.69. The van der Waals surface area contributed by atoms with Gasteiger partial charge in [0, 0.05) is 35.9 Å². The van der Waals surface area contributed by atoms with Crippen molar-refractivity contribution >= 4 is 33.8 Å². The fraction of sp³-hybridized carbons (Fsp3) is 0.450. The second kappa shape index (κ2) is 10.2. The molecule has 13 heteroatoms. The van der Waals surface area contributed by atoms with Crippen LogP contribution in [0.15, 0.2) is 22.5 Å². The molecule has 9 nitrogen and oxygen atoms in total. The Bertz CT molecular complexity index is 1130. The maximum atomic E-state index is 12.7. The van der Waals surface area contributed by atoms with Gasteiger partial charge < -0.3 is 18.6 Å². The smallest absolute Gasteiger partial charge is 0.494 e. The summed E-state index contributed by atoms with van der Waals surface area (Å²) in [5.74, 6) is -1.33. The number of Topliss-reactive ketones (excluding diaryl/α,β-unsaturated/α-hetero) is 1. The van der Waals surface area contributed by atoms with E-state index >= 15 is 0 Å². The molecule has 182 valence electrons. The van der Waals surface area contributed by atoms with Crippen LogP contribution in [0.1, 0.15) is 53.0 Å². The number of aryl methyl sites for hydroxylation is 1. The quantitative estimate of drug-likeness (QED) is 0.183. The van der Waals surface area contributed by atoms with E-state index in [4.69, 9.17) is 4.74 Å². The predicted molar refractivity (Wildman–Crippen MR) is 112 cm³/mol. The van der Waals surface area contributed by atoms with E-state index in [1.807, 2.05) is 0 Å². The van der Waals surface area contributed by atoms with Crippen LogP contribution in [0, 0.1) is 13.8 Å². The van der Waals surface area contributed by atoms with Gasteiger partial charge in [-0.25, -0.2) is 4.99 Å². The molecule has 1 aromatic rings. The Balaban J connectivity index is 2.23. The first kappa shape index (κ1) is 26.2. The molecule has 0 radical (unpaired) electrons. The van der Waals surface area contributed by atoms with Crippen LogP contribution in [0.25, 0.3) is 6.08 Å². The highest BCUT2D eigenvalue weighted by atomic mass is 32.2. The number of methoxy groups -OCH3 is 2. The van der Waals surface area contributed by atoms with Crippen molar-refractivity contribution < 1.29 is 44.8 Å². The lowest BCUT2D eigenvalue weighted by molar-refractivity contribution is -0.140. The van der Waals surface area contributed by atoms with Gasteiger partial charge in [-0.1, -0.05) is 0 Å². The SMILES string of the molecule is COC(=O)CCCCC(=O)c1c(C)[nH]c(/C=C2\N=C(OS(=O)(=O)C(F)(F)F)C=C2OC)c1C. The Morgan fingerprint density at radius 2 is 1.79 bits per heavy atom. The topological polar surface area (TPSA) is 124 Å². The first-order chi connectivity index (χ1) is 15.3. The summed E-state index contributed by atoms with van der Waals surface area (Å²) in [7, 11) is -3.37. The van der Waals surface area contributed by atoms with Crippen molar-refractivity contribution in [2.75, 3.05) is 14.2 Å². The summed E-state index contributed by atoms with van der Waals surface area (Å²) in [6, 6.07) is 0. The summed E-state index contributed by atoms with van der Waals surface area (Å²) < 4.78 is 73.8. The lowest BCUT2D eigenvalue weighted by Gasteiger charge is -2.07. The van der Waals surface area contributed by atoms with Gasteiger partial charge in [0.15, 0.2) is 5.78 Å². The van der Waals surface area contributed by atoms with Gasteiger partial charge in [-0.2, -0.15) is 21.6 Å². The van der Waals surface area contributed by atoms with Crippen LogP contribution in [0.4, 0.5) is 13.2 Å². The number of unbranched alkanes of at least 4 members (excludes halogenated alkanes) is 1. The van der Waals surface area contributed by atoms with Gasteiger partial charge in [0.25, 0.3) is 0 Å². The Morgan fingerprint density at radius 3 is 2.36 bits per heavy atom. The van der Waals surface area contributed by atoms with Crippen molar-refractivity contribution in [3.05, 3.63) is 40.0 Å². The lowest BCUT2D eigenvalue weighted by atomic mass is 10.0. The standard InChI is InChI=1S/C20H23F3N2O7S/c1-11-13(24-12(2)19(11)15(26)7-5-6-8-18(27)31-4)9-14-16(30-3)10-17(25-14)32-33(28,29)20(21,22)23/h9-10,24H,5-8H2,1-4H3/b14-9-. The molecule has 1 N–H and O–H groups in total. The first-order valence-corrected chi connectivity index (χ1v) is 11.1. The molecule has 1 aromatic heterocycles. The molecule has 0 unspecified atom stereocenters. The summed E-state index contributed by atoms with van der Waals surface area (Å²) in [5, 5.41) is 0. The molecule has 0 spiro atoms. The van der Waals surface area contributed by atoms with Gasteiger partial charge in [0.2, 0.25) is 5.90 Å². The Labute approximate surface area is 188 Å². The fourth-order valence-corrected chi connectivity index (χ4v) is 3.52. The molecule has 0 saturated heterocycles. The van der Waals surface area contributed by atoms with Gasteiger partial charge in [-0.3, -0.25) is 9.59 Å². The third-order valence-electron chi connectivity index (χ3n) is 4.73. The minimum Gasteiger partial charge on any atom is -0.494 e. The predicted octanol–water partition coefficient (Wildman–Crippen LogP) is 3.70. The third kappa shape index (κ3) is 6.24. The van der Waals surface area contributed by atoms with Crippen molar-refractivity contribution in [1.82, 2.24) is 4.98 Å². The Hall–Kier alpha value is -3.09. The largest absolute Gasteiger partial charge is 0.534 e. The minimum absolute atomic E-state index is 0.00583. The maximum absolute atomic E-state index is 12.7. The number of aliphatic imine (C=N–C) groups is 1. The van der Waals surface area contributed by atoms with E-state index in [0.717, 1.165) is 6.08 Å². The van der Waals surface area contributed by atoms with Crippen LogP contribution < -0.4 is 0 Å². The molecule has 2 heterocycles. The molecular formula is C20H23F3N2O7S. The number of carbonyl (C=O) groups excluding carboxylic acids is 2. The maximum Gasteiger partial charge on any atom is 0.534 e. The molecule has 1 aliphatic rings. The number of ketones is 1. The molecule has 0 aliphatic carbocycles. The zero-order valence-electron chi connectivity index (χ0n) is 18.3. The number of ether oxygens (including phenoxy) is 2. The molecule has 0 fully saturated rings. The molecule has 0 bridgehead atoms. The van der Waals surface area contributed by atoms with E-state index < -0.39 is 21.5 Å². The van der Waals surface area contributed by atoms with Crippen molar-refractivity contribution in [2.24, 2.45) is 4.99 Å². The van der Waals surface area contributed by atoms with E-state index in [2.05, 4.69) is 18.9 Å². The highest BCUT2D eigenvalue weighted by Gasteiger charge is 2.49. The number of carbonyl (C=O) groups is 2. The zero-order valence-corrected chi connectivity index (χ0v) is 19.1. The molecule has 0 amide bonds. The first-order valence-electron chi connectivity index (χ1n) is 9.67. The molecule has 0 aromatic carbocycles. The lowest BCUT2D eigenvalue weighted by Crippen LogP contribution is -2.27. The van der Waals surface area contributed by atoms with E-state index in [-0.39, 0.29) is 36.1 Å². The highest BCUT2D eigenvalue weighted by Crippen LogP contribution is 2.30. The van der Waals surface area contributed by atoms with Crippen LogP contribution in [-0.4, -0.2) is 50.8 Å². The van der Waals surface area contributed by atoms with Gasteiger partial charge in [-0.05, 0) is 38.3 Å². The second-order valence-electron chi connectivity index (χ2n) is 7.05. The normalized spacial score (nSPS) is 15.3. The van der Waals surface area contributed by atoms with Crippen molar-refractivity contribution in [3.63, 3.8) is 0 Å². The molecule has 0 atom stereocenters. The zero-order chi connectivity index (χ0) is 25.0. The van der Waals surface area contributed by atoms with E-state index in [9.17, 15) is 31.2 Å². The summed E-state index contributed by atoms with van der Waals surface area (Å²) in [6.07, 6.45) is 3.73. The molecule has 2 rings (SSSR count). The number of hydrogen-bond donors (Lipinski definition) is 1. The summed E-state index contributed by atoms with van der Waals surface area (Å²) >= 11 is 0. The Morgan fingerprint density at radius 1 is 1.15 bits per heavy atom. The van der Waals surface area contributed by atoms with E-state index in [1.165, 1.54) is 20.3 Å². The van der Waals surface area contributed by atoms with Gasteiger partial charge in [0.05, 0.1) is 14.2 Å². The van der Waals surface area contributed by atoms with E-state index in [1.54, 1.807) is 13.8 Å². The second-order valence-corrected chi connectivity index (χ2v) is 8.58. The monoisotopic (exact) mass is 492 g/mol. The van der Waals surface area contributed by atoms with Gasteiger partial charge in [-0.15, -0.1) is 0 Å². The van der Waals surface area contributed by atoms with Crippen LogP contribution >= 0.6 is 0 Å². The Kier molecular flexibility index (Phi) is 8.11. The van der Waals surface area contributed by atoms with Crippen LogP contribution in [0.3, 0.4) is 0 Å². The number of rotatable bonds is 9. The number of H-pyrrole nitrogens is 1. The van der Waals surface area contributed by atoms with Crippen LogP contribution in [0.2, 0.25) is 0 Å². The van der Waals surface area contributed by atoms with Gasteiger partial charge in [0.1, 0.15) is 11.5 Å². The van der Waals surface area contributed by atoms with Crippen molar-refractivity contribution in [1.29, 1.82) is 0 Å². The molecular weight excluding hydrogens is 469 g/mol. The minimum atomic E-state index is -5.89. The van der Waals surface area contributed by atoms with Crippen LogP contribution in [0.5, 0.6) is 0 Å². The summed E-state index contributed by atoms with van der Waals surface area (Å²) in [4.78, 5) is 30.6. The summed E-state index contributed by atoms with van der Waals surface area (Å²) in [6.45, 7) is 3.37.